The fourth-order valence-corrected chi connectivity index (χ4v) is 3.22. The zero-order valence-corrected chi connectivity index (χ0v) is 17.7. The monoisotopic (exact) mass is 467 g/mol. The molecule has 0 atom stereocenters. The number of hydrogen-bond acceptors (Lipinski definition) is 4. The molecule has 1 aliphatic heterocycles. The van der Waals surface area contributed by atoms with Crippen molar-refractivity contribution in [3.8, 4) is 5.75 Å². The summed E-state index contributed by atoms with van der Waals surface area (Å²) in [5.41, 5.74) is -0.219. The van der Waals surface area contributed by atoms with Crippen LogP contribution >= 0.6 is 15.9 Å². The number of nitrogens with zero attached hydrogens (tertiary/aromatic N) is 1. The summed E-state index contributed by atoms with van der Waals surface area (Å²) in [4.78, 5) is 14.4. The maximum absolute atomic E-state index is 12.8. The first-order chi connectivity index (χ1) is 12.9. The average molecular weight is 468 g/mol. The van der Waals surface area contributed by atoms with Gasteiger partial charge in [-0.25, -0.2) is 4.79 Å². The second-order valence-corrected chi connectivity index (χ2v) is 8.52. The van der Waals surface area contributed by atoms with Crippen molar-refractivity contribution >= 4 is 22.0 Å². The number of carbonyl (C=O) groups excluding carboxylic acids is 1. The smallest absolute Gasteiger partial charge is 0.422 e. The highest BCUT2D eigenvalue weighted by molar-refractivity contribution is 9.10. The van der Waals surface area contributed by atoms with Crippen LogP contribution in [-0.4, -0.2) is 48.6 Å². The Balaban J connectivity index is 2.26. The Morgan fingerprint density at radius 1 is 1.25 bits per heavy atom. The lowest BCUT2D eigenvalue weighted by molar-refractivity contribution is -0.153. The Morgan fingerprint density at radius 2 is 1.89 bits per heavy atom. The molecule has 158 valence electrons. The van der Waals surface area contributed by atoms with E-state index in [0.717, 1.165) is 0 Å². The fourth-order valence-electron chi connectivity index (χ4n) is 2.82. The average Bonchev–Trinajstić information content (AvgIpc) is 2.57. The van der Waals surface area contributed by atoms with Crippen LogP contribution in [0.4, 0.5) is 18.0 Å². The van der Waals surface area contributed by atoms with Crippen molar-refractivity contribution in [1.29, 1.82) is 0 Å². The minimum atomic E-state index is -4.45. The number of benzene rings is 1. The number of hydrogen-bond donors (Lipinski definition) is 0. The van der Waals surface area contributed by atoms with E-state index in [-0.39, 0.29) is 18.3 Å². The second-order valence-electron chi connectivity index (χ2n) is 7.61. The molecule has 0 spiro atoms. The van der Waals surface area contributed by atoms with Gasteiger partial charge in [-0.05, 0) is 51.8 Å². The van der Waals surface area contributed by atoms with Gasteiger partial charge in [0.05, 0.1) is 6.54 Å². The molecule has 1 fully saturated rings. The quantitative estimate of drug-likeness (QED) is 0.588. The molecule has 0 radical (unpaired) electrons. The van der Waals surface area contributed by atoms with Crippen LogP contribution < -0.4 is 4.74 Å². The van der Waals surface area contributed by atoms with Gasteiger partial charge in [-0.1, -0.05) is 15.9 Å². The van der Waals surface area contributed by atoms with Gasteiger partial charge in [-0.2, -0.15) is 13.2 Å². The van der Waals surface area contributed by atoms with E-state index in [2.05, 4.69) is 15.9 Å². The molecule has 2 rings (SSSR count). The predicted octanol–water partition coefficient (Wildman–Crippen LogP) is 5.31. The van der Waals surface area contributed by atoms with E-state index >= 15 is 0 Å². The minimum absolute atomic E-state index is 0.0756. The third-order valence-electron chi connectivity index (χ3n) is 4.01. The molecule has 1 aromatic rings. The van der Waals surface area contributed by atoms with E-state index in [1.807, 2.05) is 0 Å². The first-order valence-corrected chi connectivity index (χ1v) is 9.79. The van der Waals surface area contributed by atoms with E-state index in [0.29, 0.717) is 36.1 Å². The number of halogens is 4. The van der Waals surface area contributed by atoms with E-state index in [1.54, 1.807) is 37.8 Å². The maximum Gasteiger partial charge on any atom is 0.422 e. The number of alkyl halides is 3. The first-order valence-electron chi connectivity index (χ1n) is 9.00. The summed E-state index contributed by atoms with van der Waals surface area (Å²) in [7, 11) is 0. The van der Waals surface area contributed by atoms with Crippen molar-refractivity contribution in [3.63, 3.8) is 0 Å². The summed E-state index contributed by atoms with van der Waals surface area (Å²) >= 11 is 3.33. The Labute approximate surface area is 171 Å². The Morgan fingerprint density at radius 3 is 2.46 bits per heavy atom. The van der Waals surface area contributed by atoms with Crippen molar-refractivity contribution in [1.82, 2.24) is 4.90 Å². The van der Waals surface area contributed by atoms with Crippen LogP contribution in [0.25, 0.3) is 0 Å². The normalized spacial score (nSPS) is 16.0. The lowest BCUT2D eigenvalue weighted by Crippen LogP contribution is -2.45. The highest BCUT2D eigenvalue weighted by Crippen LogP contribution is 2.29. The lowest BCUT2D eigenvalue weighted by atomic mass is 10.1. The van der Waals surface area contributed by atoms with E-state index < -0.39 is 24.5 Å². The van der Waals surface area contributed by atoms with Gasteiger partial charge < -0.3 is 19.1 Å². The van der Waals surface area contributed by atoms with Gasteiger partial charge >= 0.3 is 12.3 Å². The topological polar surface area (TPSA) is 48.0 Å². The van der Waals surface area contributed by atoms with Gasteiger partial charge in [0.25, 0.3) is 0 Å². The summed E-state index contributed by atoms with van der Waals surface area (Å²) in [6.07, 6.45) is -3.70. The molecule has 28 heavy (non-hydrogen) atoms. The lowest BCUT2D eigenvalue weighted by Gasteiger charge is -2.36. The number of rotatable bonds is 5. The van der Waals surface area contributed by atoms with Gasteiger partial charge in [-0.3, -0.25) is 0 Å². The number of ether oxygens (including phenoxy) is 3. The highest BCUT2D eigenvalue weighted by atomic mass is 79.9. The van der Waals surface area contributed by atoms with Crippen molar-refractivity contribution in [3.05, 3.63) is 28.2 Å². The molecule has 1 aliphatic rings. The second kappa shape index (κ2) is 9.35. The van der Waals surface area contributed by atoms with Gasteiger partial charge in [0.15, 0.2) is 6.61 Å². The summed E-state index contributed by atoms with van der Waals surface area (Å²) in [5.74, 6) is 0.0844. The standard InChI is InChI=1S/C19H25BrF3NO4/c1-18(2,3)28-17(25)24(15-6-8-26-9-7-15)11-13-10-14(20)4-5-16(13)27-12-19(21,22)23/h4-5,10,15H,6-9,11-12H2,1-3H3. The largest absolute Gasteiger partial charge is 0.484 e. The third-order valence-corrected chi connectivity index (χ3v) is 4.51. The van der Waals surface area contributed by atoms with Crippen LogP contribution in [0.1, 0.15) is 39.2 Å². The minimum Gasteiger partial charge on any atom is -0.484 e. The molecule has 0 saturated carbocycles. The number of carbonyl (C=O) groups is 1. The summed E-state index contributed by atoms with van der Waals surface area (Å²) in [6, 6.07) is 4.59. The molecule has 9 heteroatoms. The molecular weight excluding hydrogens is 443 g/mol. The molecule has 1 aromatic carbocycles. The molecule has 1 saturated heterocycles. The SMILES string of the molecule is CC(C)(C)OC(=O)N(Cc1cc(Br)ccc1OCC(F)(F)F)C1CCOCC1. The predicted molar refractivity (Wildman–Crippen MR) is 101 cm³/mol. The highest BCUT2D eigenvalue weighted by Gasteiger charge is 2.32. The number of amides is 1. The van der Waals surface area contributed by atoms with E-state index in [1.165, 1.54) is 6.07 Å². The van der Waals surface area contributed by atoms with Gasteiger partial charge in [0.2, 0.25) is 0 Å². The molecule has 1 heterocycles. The van der Waals surface area contributed by atoms with Crippen molar-refractivity contribution in [2.24, 2.45) is 0 Å². The fraction of sp³-hybridized carbons (Fsp3) is 0.632. The van der Waals surface area contributed by atoms with Crippen molar-refractivity contribution in [2.75, 3.05) is 19.8 Å². The van der Waals surface area contributed by atoms with Crippen LogP contribution in [0.15, 0.2) is 22.7 Å². The Hall–Kier alpha value is -1.48. The molecule has 0 unspecified atom stereocenters. The van der Waals surface area contributed by atoms with Crippen LogP contribution in [0.3, 0.4) is 0 Å². The first kappa shape index (κ1) is 22.8. The van der Waals surface area contributed by atoms with Gasteiger partial charge in [0.1, 0.15) is 11.4 Å². The van der Waals surface area contributed by atoms with Crippen LogP contribution in [0.2, 0.25) is 0 Å². The molecule has 0 N–H and O–H groups in total. The summed E-state index contributed by atoms with van der Waals surface area (Å²) < 4.78 is 54.3. The third kappa shape index (κ3) is 7.50. The molecule has 0 aromatic heterocycles. The Bertz CT molecular complexity index is 670. The maximum atomic E-state index is 12.8. The molecule has 0 aliphatic carbocycles. The van der Waals surface area contributed by atoms with Crippen LogP contribution in [0, 0.1) is 0 Å². The zero-order valence-electron chi connectivity index (χ0n) is 16.1. The van der Waals surface area contributed by atoms with Crippen LogP contribution in [-0.2, 0) is 16.0 Å². The van der Waals surface area contributed by atoms with E-state index in [9.17, 15) is 18.0 Å². The Kier molecular flexibility index (Phi) is 7.61. The van der Waals surface area contributed by atoms with Crippen LogP contribution in [0.5, 0.6) is 5.75 Å². The van der Waals surface area contributed by atoms with E-state index in [4.69, 9.17) is 14.2 Å². The van der Waals surface area contributed by atoms with Gasteiger partial charge in [-0.15, -0.1) is 0 Å². The molecule has 1 amide bonds. The van der Waals surface area contributed by atoms with Crippen molar-refractivity contribution in [2.45, 2.75) is 58.0 Å². The zero-order chi connectivity index (χ0) is 20.9. The molecule has 5 nitrogen and oxygen atoms in total. The van der Waals surface area contributed by atoms with Crippen molar-refractivity contribution < 1.29 is 32.2 Å². The summed E-state index contributed by atoms with van der Waals surface area (Å²) in [5, 5.41) is 0. The summed E-state index contributed by atoms with van der Waals surface area (Å²) in [6.45, 7) is 5.01. The molecular formula is C19H25BrF3NO4. The van der Waals surface area contributed by atoms with Gasteiger partial charge in [0, 0.05) is 29.3 Å². The molecule has 0 bridgehead atoms.